The highest BCUT2D eigenvalue weighted by Crippen LogP contribution is 2.33. The topological polar surface area (TPSA) is 66.9 Å². The maximum absolute atomic E-state index is 13.2. The van der Waals surface area contributed by atoms with Gasteiger partial charge >= 0.3 is 0 Å². The van der Waals surface area contributed by atoms with Crippen LogP contribution in [0, 0.1) is 5.82 Å². The van der Waals surface area contributed by atoms with E-state index in [1.807, 2.05) is 13.0 Å². The first-order chi connectivity index (χ1) is 10.7. The summed E-state index contributed by atoms with van der Waals surface area (Å²) in [4.78, 5) is 11.6. The third-order valence-electron chi connectivity index (χ3n) is 3.74. The molecule has 114 valence electrons. The Morgan fingerprint density at radius 3 is 2.91 bits per heavy atom. The fraction of sp³-hybridized carbons (Fsp3) is 0.312. The summed E-state index contributed by atoms with van der Waals surface area (Å²) < 4.78 is 13.2. The normalized spacial score (nSPS) is 16.2. The minimum atomic E-state index is -0.233. The van der Waals surface area contributed by atoms with Crippen molar-refractivity contribution in [1.82, 2.24) is 15.5 Å². The van der Waals surface area contributed by atoms with Crippen molar-refractivity contribution in [2.24, 2.45) is 0 Å². The average Bonchev–Trinajstić information content (AvgIpc) is 2.90. The molecule has 1 atom stereocenters. The van der Waals surface area contributed by atoms with Crippen LogP contribution in [0.15, 0.2) is 30.3 Å². The van der Waals surface area contributed by atoms with Crippen LogP contribution in [0.5, 0.6) is 0 Å². The molecule has 1 heterocycles. The predicted octanol–water partition coefficient (Wildman–Crippen LogP) is 2.46. The van der Waals surface area contributed by atoms with Crippen molar-refractivity contribution < 1.29 is 9.18 Å². The molecule has 2 aromatic rings. The highest BCUT2D eigenvalue weighted by molar-refractivity contribution is 5.92. The Kier molecular flexibility index (Phi) is 4.00. The van der Waals surface area contributed by atoms with Crippen molar-refractivity contribution in [2.75, 3.05) is 11.9 Å². The van der Waals surface area contributed by atoms with Gasteiger partial charge in [-0.2, -0.15) is 0 Å². The standard InChI is InChI=1S/C16H17FN4O/c1-2-18-16(22)14-7-8-15(21-20-14)19-13-6-3-10-9-11(17)4-5-12(10)13/h4-5,7-9,13H,2-3,6H2,1H3,(H,18,22)(H,19,21). The Balaban J connectivity index is 1.71. The van der Waals surface area contributed by atoms with Gasteiger partial charge in [0.2, 0.25) is 0 Å². The quantitative estimate of drug-likeness (QED) is 0.910. The van der Waals surface area contributed by atoms with E-state index in [2.05, 4.69) is 20.8 Å². The number of nitrogens with one attached hydrogen (secondary N) is 2. The van der Waals surface area contributed by atoms with Crippen LogP contribution in [0.25, 0.3) is 0 Å². The average molecular weight is 300 g/mol. The Labute approximate surface area is 128 Å². The Bertz CT molecular complexity index is 687. The molecule has 0 fully saturated rings. The molecule has 6 heteroatoms. The maximum Gasteiger partial charge on any atom is 0.271 e. The number of nitrogens with zero attached hydrogens (tertiary/aromatic N) is 2. The van der Waals surface area contributed by atoms with E-state index >= 15 is 0 Å². The van der Waals surface area contributed by atoms with Gasteiger partial charge in [-0.05, 0) is 55.2 Å². The smallest absolute Gasteiger partial charge is 0.271 e. The number of hydrogen-bond acceptors (Lipinski definition) is 4. The molecule has 0 aliphatic heterocycles. The highest BCUT2D eigenvalue weighted by atomic mass is 19.1. The number of amides is 1. The van der Waals surface area contributed by atoms with Crippen molar-refractivity contribution in [2.45, 2.75) is 25.8 Å². The molecule has 1 unspecified atom stereocenters. The first-order valence-corrected chi connectivity index (χ1v) is 7.34. The summed E-state index contributed by atoms with van der Waals surface area (Å²) in [5.41, 5.74) is 2.42. The number of aromatic nitrogens is 2. The highest BCUT2D eigenvalue weighted by Gasteiger charge is 2.23. The molecule has 1 aliphatic rings. The number of benzene rings is 1. The third kappa shape index (κ3) is 2.90. The molecule has 0 saturated heterocycles. The van der Waals surface area contributed by atoms with E-state index < -0.39 is 0 Å². The van der Waals surface area contributed by atoms with E-state index in [0.717, 1.165) is 24.0 Å². The van der Waals surface area contributed by atoms with Gasteiger partial charge in [-0.1, -0.05) is 6.07 Å². The summed E-state index contributed by atoms with van der Waals surface area (Å²) in [6.45, 7) is 2.40. The maximum atomic E-state index is 13.2. The third-order valence-corrected chi connectivity index (χ3v) is 3.74. The Morgan fingerprint density at radius 1 is 1.32 bits per heavy atom. The van der Waals surface area contributed by atoms with E-state index in [4.69, 9.17) is 0 Å². The van der Waals surface area contributed by atoms with Crippen LogP contribution >= 0.6 is 0 Å². The van der Waals surface area contributed by atoms with Crippen LogP contribution in [0.3, 0.4) is 0 Å². The zero-order chi connectivity index (χ0) is 15.5. The van der Waals surface area contributed by atoms with E-state index in [1.54, 1.807) is 18.2 Å². The zero-order valence-electron chi connectivity index (χ0n) is 12.3. The fourth-order valence-corrected chi connectivity index (χ4v) is 2.70. The van der Waals surface area contributed by atoms with Gasteiger partial charge < -0.3 is 10.6 Å². The zero-order valence-corrected chi connectivity index (χ0v) is 12.3. The molecule has 2 N–H and O–H groups in total. The van der Waals surface area contributed by atoms with Crippen LogP contribution in [0.1, 0.15) is 41.0 Å². The second-order valence-corrected chi connectivity index (χ2v) is 5.24. The number of anilines is 1. The van der Waals surface area contributed by atoms with E-state index in [0.29, 0.717) is 18.1 Å². The lowest BCUT2D eigenvalue weighted by molar-refractivity contribution is 0.0950. The van der Waals surface area contributed by atoms with Crippen LogP contribution in [-0.4, -0.2) is 22.6 Å². The number of rotatable bonds is 4. The number of fused-ring (bicyclic) bond motifs is 1. The largest absolute Gasteiger partial charge is 0.362 e. The number of hydrogen-bond donors (Lipinski definition) is 2. The summed E-state index contributed by atoms with van der Waals surface area (Å²) >= 11 is 0. The van der Waals surface area contributed by atoms with Gasteiger partial charge in [0.1, 0.15) is 11.6 Å². The SMILES string of the molecule is CCNC(=O)c1ccc(NC2CCc3cc(F)ccc32)nn1. The predicted molar refractivity (Wildman–Crippen MR) is 81.1 cm³/mol. The molecular weight excluding hydrogens is 283 g/mol. The lowest BCUT2D eigenvalue weighted by Gasteiger charge is -2.14. The summed E-state index contributed by atoms with van der Waals surface area (Å²) in [7, 11) is 0. The molecule has 1 aromatic carbocycles. The summed E-state index contributed by atoms with van der Waals surface area (Å²) in [6.07, 6.45) is 1.73. The molecule has 1 aliphatic carbocycles. The van der Waals surface area contributed by atoms with Gasteiger partial charge in [0.15, 0.2) is 5.69 Å². The minimum Gasteiger partial charge on any atom is -0.362 e. The minimum absolute atomic E-state index is 0.0974. The summed E-state index contributed by atoms with van der Waals surface area (Å²) in [5.74, 6) is 0.170. The van der Waals surface area contributed by atoms with Crippen LogP contribution in [0.4, 0.5) is 10.2 Å². The monoisotopic (exact) mass is 300 g/mol. The van der Waals surface area contributed by atoms with Crippen molar-refractivity contribution in [3.8, 4) is 0 Å². The van der Waals surface area contributed by atoms with Gasteiger partial charge in [-0.15, -0.1) is 10.2 Å². The molecule has 0 radical (unpaired) electrons. The lowest BCUT2D eigenvalue weighted by Crippen LogP contribution is -2.24. The first-order valence-electron chi connectivity index (χ1n) is 7.34. The molecular formula is C16H17FN4O. The lowest BCUT2D eigenvalue weighted by atomic mass is 10.1. The molecule has 3 rings (SSSR count). The Morgan fingerprint density at radius 2 is 2.18 bits per heavy atom. The number of carbonyl (C=O) groups is 1. The van der Waals surface area contributed by atoms with Crippen LogP contribution in [0.2, 0.25) is 0 Å². The van der Waals surface area contributed by atoms with Gasteiger partial charge in [0.25, 0.3) is 5.91 Å². The van der Waals surface area contributed by atoms with Gasteiger partial charge in [-0.3, -0.25) is 4.79 Å². The molecule has 1 aromatic heterocycles. The van der Waals surface area contributed by atoms with Gasteiger partial charge in [-0.25, -0.2) is 4.39 Å². The second-order valence-electron chi connectivity index (χ2n) is 5.24. The van der Waals surface area contributed by atoms with Crippen molar-refractivity contribution in [3.63, 3.8) is 0 Å². The number of halogens is 1. The van der Waals surface area contributed by atoms with Crippen molar-refractivity contribution >= 4 is 11.7 Å². The molecule has 5 nitrogen and oxygen atoms in total. The van der Waals surface area contributed by atoms with Gasteiger partial charge in [0.05, 0.1) is 6.04 Å². The first kappa shape index (κ1) is 14.4. The fourth-order valence-electron chi connectivity index (χ4n) is 2.70. The van der Waals surface area contributed by atoms with Gasteiger partial charge in [0, 0.05) is 6.54 Å². The van der Waals surface area contributed by atoms with Crippen LogP contribution in [-0.2, 0) is 6.42 Å². The van der Waals surface area contributed by atoms with Crippen LogP contribution < -0.4 is 10.6 Å². The Hall–Kier alpha value is -2.50. The van der Waals surface area contributed by atoms with E-state index in [9.17, 15) is 9.18 Å². The van der Waals surface area contributed by atoms with E-state index in [-0.39, 0.29) is 17.8 Å². The molecule has 22 heavy (non-hydrogen) atoms. The number of aryl methyl sites for hydroxylation is 1. The molecule has 0 spiro atoms. The molecule has 1 amide bonds. The molecule has 0 saturated carbocycles. The van der Waals surface area contributed by atoms with Crippen molar-refractivity contribution in [1.29, 1.82) is 0 Å². The molecule has 0 bridgehead atoms. The number of carbonyl (C=O) groups excluding carboxylic acids is 1. The second kappa shape index (κ2) is 6.09. The van der Waals surface area contributed by atoms with E-state index in [1.165, 1.54) is 6.07 Å². The summed E-state index contributed by atoms with van der Waals surface area (Å²) in [5, 5.41) is 13.9. The summed E-state index contributed by atoms with van der Waals surface area (Å²) in [6, 6.07) is 8.34. The van der Waals surface area contributed by atoms with Crippen molar-refractivity contribution in [3.05, 3.63) is 53.0 Å².